The van der Waals surface area contributed by atoms with Gasteiger partial charge in [0.1, 0.15) is 0 Å². The number of carbonyl (C=O) groups is 2. The fourth-order valence-electron chi connectivity index (χ4n) is 0.310. The monoisotopic (exact) mass is 158 g/mol. The van der Waals surface area contributed by atoms with Crippen molar-refractivity contribution in [2.24, 2.45) is 0 Å². The van der Waals surface area contributed by atoms with E-state index in [1.165, 1.54) is 6.08 Å². The molecule has 0 atom stereocenters. The van der Waals surface area contributed by atoms with Gasteiger partial charge in [-0.25, -0.2) is 19.4 Å². The maximum absolute atomic E-state index is 10.5. The SMILES string of the molecule is C/C=C/C(=O)OOC(=O)CC. The standard InChI is InChI=1S/C7H10O4/c1-3-5-7(9)11-10-6(8)4-2/h3,5H,4H2,1-2H3/b5-3+. The Kier molecular flexibility index (Phi) is 4.81. The van der Waals surface area contributed by atoms with Gasteiger partial charge in [0.25, 0.3) is 0 Å². The summed E-state index contributed by atoms with van der Waals surface area (Å²) >= 11 is 0. The van der Waals surface area contributed by atoms with Crippen LogP contribution in [0.25, 0.3) is 0 Å². The van der Waals surface area contributed by atoms with Gasteiger partial charge in [0.05, 0.1) is 0 Å². The minimum absolute atomic E-state index is 0.184. The van der Waals surface area contributed by atoms with Crippen molar-refractivity contribution in [2.75, 3.05) is 0 Å². The molecule has 0 heterocycles. The van der Waals surface area contributed by atoms with Crippen LogP contribution in [0.15, 0.2) is 12.2 Å². The molecular formula is C7H10O4. The van der Waals surface area contributed by atoms with Crippen molar-refractivity contribution < 1.29 is 19.4 Å². The molecule has 0 aliphatic carbocycles. The summed E-state index contributed by atoms with van der Waals surface area (Å²) in [5.74, 6) is -1.25. The van der Waals surface area contributed by atoms with E-state index in [1.54, 1.807) is 13.8 Å². The molecule has 11 heavy (non-hydrogen) atoms. The van der Waals surface area contributed by atoms with E-state index in [0.717, 1.165) is 6.08 Å². The number of hydrogen-bond donors (Lipinski definition) is 0. The van der Waals surface area contributed by atoms with Gasteiger partial charge < -0.3 is 0 Å². The minimum Gasteiger partial charge on any atom is -0.247 e. The van der Waals surface area contributed by atoms with Gasteiger partial charge in [0, 0.05) is 12.5 Å². The van der Waals surface area contributed by atoms with Gasteiger partial charge in [0.2, 0.25) is 0 Å². The molecule has 62 valence electrons. The molecule has 4 nitrogen and oxygen atoms in total. The van der Waals surface area contributed by atoms with Gasteiger partial charge in [-0.05, 0) is 6.92 Å². The van der Waals surface area contributed by atoms with Crippen molar-refractivity contribution >= 4 is 11.9 Å². The van der Waals surface area contributed by atoms with Crippen LogP contribution in [0.5, 0.6) is 0 Å². The zero-order chi connectivity index (χ0) is 8.69. The van der Waals surface area contributed by atoms with Gasteiger partial charge in [-0.3, -0.25) is 0 Å². The average Bonchev–Trinajstić information content (AvgIpc) is 2.01. The first-order valence-electron chi connectivity index (χ1n) is 3.24. The lowest BCUT2D eigenvalue weighted by molar-refractivity contribution is -0.254. The highest BCUT2D eigenvalue weighted by Crippen LogP contribution is 1.87. The molecule has 0 bridgehead atoms. The Balaban J connectivity index is 3.54. The number of rotatable bonds is 2. The summed E-state index contributed by atoms with van der Waals surface area (Å²) in [4.78, 5) is 29.0. The third-order valence-electron chi connectivity index (χ3n) is 0.808. The summed E-state index contributed by atoms with van der Waals surface area (Å²) in [6.07, 6.45) is 2.83. The highest BCUT2D eigenvalue weighted by molar-refractivity contribution is 5.82. The largest absolute Gasteiger partial charge is 0.378 e. The number of hydrogen-bond acceptors (Lipinski definition) is 4. The van der Waals surface area contributed by atoms with E-state index in [0.29, 0.717) is 0 Å². The van der Waals surface area contributed by atoms with E-state index in [9.17, 15) is 9.59 Å². The molecule has 0 radical (unpaired) electrons. The molecule has 0 rings (SSSR count). The predicted octanol–water partition coefficient (Wildman–Crippen LogP) is 0.974. The highest BCUT2D eigenvalue weighted by atomic mass is 17.2. The van der Waals surface area contributed by atoms with Crippen LogP contribution in [0.4, 0.5) is 0 Å². The van der Waals surface area contributed by atoms with Crippen molar-refractivity contribution in [1.29, 1.82) is 0 Å². The zero-order valence-electron chi connectivity index (χ0n) is 6.49. The third kappa shape index (κ3) is 5.14. The van der Waals surface area contributed by atoms with E-state index < -0.39 is 11.9 Å². The van der Waals surface area contributed by atoms with Gasteiger partial charge in [-0.1, -0.05) is 13.0 Å². The second kappa shape index (κ2) is 5.46. The van der Waals surface area contributed by atoms with E-state index in [-0.39, 0.29) is 6.42 Å². The van der Waals surface area contributed by atoms with Crippen molar-refractivity contribution in [2.45, 2.75) is 20.3 Å². The highest BCUT2D eigenvalue weighted by Gasteiger charge is 2.02. The van der Waals surface area contributed by atoms with Crippen molar-refractivity contribution in [1.82, 2.24) is 0 Å². The zero-order valence-corrected chi connectivity index (χ0v) is 6.49. The van der Waals surface area contributed by atoms with E-state index >= 15 is 0 Å². The summed E-state index contributed by atoms with van der Waals surface area (Å²) < 4.78 is 0. The van der Waals surface area contributed by atoms with E-state index in [4.69, 9.17) is 0 Å². The van der Waals surface area contributed by atoms with Crippen LogP contribution in [-0.4, -0.2) is 11.9 Å². The Morgan fingerprint density at radius 3 is 2.45 bits per heavy atom. The molecule has 0 spiro atoms. The van der Waals surface area contributed by atoms with Crippen LogP contribution in [0.3, 0.4) is 0 Å². The molecule has 0 fully saturated rings. The third-order valence-corrected chi connectivity index (χ3v) is 0.808. The quantitative estimate of drug-likeness (QED) is 0.341. The lowest BCUT2D eigenvalue weighted by atomic mass is 10.5. The fraction of sp³-hybridized carbons (Fsp3) is 0.429. The van der Waals surface area contributed by atoms with Gasteiger partial charge in [-0.15, -0.1) is 0 Å². The van der Waals surface area contributed by atoms with E-state index in [2.05, 4.69) is 9.78 Å². The summed E-state index contributed by atoms with van der Waals surface area (Å²) in [6.45, 7) is 3.26. The van der Waals surface area contributed by atoms with Crippen LogP contribution >= 0.6 is 0 Å². The Hall–Kier alpha value is -1.32. The molecule has 0 unspecified atom stereocenters. The van der Waals surface area contributed by atoms with Gasteiger partial charge >= 0.3 is 11.9 Å². The Morgan fingerprint density at radius 2 is 2.00 bits per heavy atom. The number of carbonyl (C=O) groups excluding carboxylic acids is 2. The van der Waals surface area contributed by atoms with Crippen molar-refractivity contribution in [3.8, 4) is 0 Å². The summed E-state index contributed by atoms with van der Waals surface area (Å²) in [5, 5.41) is 0. The second-order valence-corrected chi connectivity index (χ2v) is 1.71. The molecule has 0 aromatic carbocycles. The topological polar surface area (TPSA) is 52.6 Å². The normalized spacial score (nSPS) is 9.64. The maximum atomic E-state index is 10.5. The molecule has 0 aromatic rings. The first kappa shape index (κ1) is 9.68. The van der Waals surface area contributed by atoms with Gasteiger partial charge in [-0.2, -0.15) is 0 Å². The van der Waals surface area contributed by atoms with Crippen LogP contribution < -0.4 is 0 Å². The molecule has 0 aromatic heterocycles. The molecule has 4 heteroatoms. The predicted molar refractivity (Wildman–Crippen MR) is 37.3 cm³/mol. The fourth-order valence-corrected chi connectivity index (χ4v) is 0.310. The number of allylic oxidation sites excluding steroid dienone is 1. The molecule has 0 aliphatic heterocycles. The Morgan fingerprint density at radius 1 is 1.36 bits per heavy atom. The van der Waals surface area contributed by atoms with Crippen molar-refractivity contribution in [3.63, 3.8) is 0 Å². The first-order valence-corrected chi connectivity index (χ1v) is 3.24. The van der Waals surface area contributed by atoms with Crippen LogP contribution in [-0.2, 0) is 19.4 Å². The van der Waals surface area contributed by atoms with Crippen LogP contribution in [0.1, 0.15) is 20.3 Å². The minimum atomic E-state index is -0.686. The lowest BCUT2D eigenvalue weighted by Gasteiger charge is -1.96. The average molecular weight is 158 g/mol. The summed E-state index contributed by atoms with van der Waals surface area (Å²) in [7, 11) is 0. The first-order chi connectivity index (χ1) is 5.20. The Bertz CT molecular complexity index is 171. The van der Waals surface area contributed by atoms with E-state index in [1.807, 2.05) is 0 Å². The summed E-state index contributed by atoms with van der Waals surface area (Å²) in [6, 6.07) is 0. The second-order valence-electron chi connectivity index (χ2n) is 1.71. The molecule has 0 saturated heterocycles. The van der Waals surface area contributed by atoms with Crippen LogP contribution in [0.2, 0.25) is 0 Å². The lowest BCUT2D eigenvalue weighted by Crippen LogP contribution is -2.07. The molecular weight excluding hydrogens is 148 g/mol. The smallest absolute Gasteiger partial charge is 0.247 e. The van der Waals surface area contributed by atoms with Crippen LogP contribution in [0, 0.1) is 0 Å². The Labute approximate surface area is 64.7 Å². The summed E-state index contributed by atoms with van der Waals surface area (Å²) in [5.41, 5.74) is 0. The van der Waals surface area contributed by atoms with Crippen molar-refractivity contribution in [3.05, 3.63) is 12.2 Å². The maximum Gasteiger partial charge on any atom is 0.378 e. The molecule has 0 aliphatic rings. The molecule has 0 saturated carbocycles. The molecule has 0 amide bonds. The van der Waals surface area contributed by atoms with Gasteiger partial charge in [0.15, 0.2) is 0 Å². The molecule has 0 N–H and O–H groups in total.